The lowest BCUT2D eigenvalue weighted by Gasteiger charge is -2.08. The number of hydrogen-bond acceptors (Lipinski definition) is 6. The molecule has 0 saturated carbocycles. The first-order valence-electron chi connectivity index (χ1n) is 6.68. The number of rotatable bonds is 5. The molecule has 1 aromatic carbocycles. The molecule has 0 fully saturated rings. The topological polar surface area (TPSA) is 64.1 Å². The van der Waals surface area contributed by atoms with Crippen molar-refractivity contribution in [2.24, 2.45) is 0 Å². The quantitative estimate of drug-likeness (QED) is 0.734. The van der Waals surface area contributed by atoms with Crippen LogP contribution in [0.15, 0.2) is 35.7 Å². The first kappa shape index (κ1) is 15.9. The Hall–Kier alpha value is -1.96. The van der Waals surface area contributed by atoms with Crippen molar-refractivity contribution in [2.45, 2.75) is 6.92 Å². The maximum atomic E-state index is 11.9. The summed E-state index contributed by atoms with van der Waals surface area (Å²) in [4.78, 5) is 17.2. The lowest BCUT2D eigenvalue weighted by atomic mass is 10.2. The molecule has 23 heavy (non-hydrogen) atoms. The van der Waals surface area contributed by atoms with Gasteiger partial charge in [-0.15, -0.1) is 11.3 Å². The molecule has 0 saturated heterocycles. The Kier molecular flexibility index (Phi) is 4.90. The van der Waals surface area contributed by atoms with Crippen LogP contribution >= 0.6 is 34.5 Å². The van der Waals surface area contributed by atoms with Crippen LogP contribution in [0.4, 0.5) is 5.13 Å². The minimum atomic E-state index is -0.284. The lowest BCUT2D eigenvalue weighted by Crippen LogP contribution is -2.20. The third-order valence-electron chi connectivity index (χ3n) is 2.91. The summed E-state index contributed by atoms with van der Waals surface area (Å²) in [6, 6.07) is 9.11. The van der Waals surface area contributed by atoms with Gasteiger partial charge in [0.1, 0.15) is 5.75 Å². The third kappa shape index (κ3) is 4.07. The van der Waals surface area contributed by atoms with Gasteiger partial charge < -0.3 is 4.74 Å². The number of carbonyl (C=O) groups excluding carboxylic acids is 1. The second-order valence-electron chi connectivity index (χ2n) is 4.65. The van der Waals surface area contributed by atoms with E-state index in [1.54, 1.807) is 29.5 Å². The third-order valence-corrected chi connectivity index (χ3v) is 4.64. The zero-order valence-electron chi connectivity index (χ0n) is 12.1. The van der Waals surface area contributed by atoms with E-state index in [0.717, 1.165) is 22.0 Å². The van der Waals surface area contributed by atoms with E-state index in [-0.39, 0.29) is 12.5 Å². The van der Waals surface area contributed by atoms with Gasteiger partial charge in [0.15, 0.2) is 12.4 Å². The van der Waals surface area contributed by atoms with Gasteiger partial charge in [-0.1, -0.05) is 17.7 Å². The van der Waals surface area contributed by atoms with E-state index in [2.05, 4.69) is 14.7 Å². The molecular formula is C15H12ClN3O2S2. The van der Waals surface area contributed by atoms with Gasteiger partial charge in [0, 0.05) is 16.6 Å². The van der Waals surface area contributed by atoms with E-state index in [1.165, 1.54) is 0 Å². The molecule has 2 aromatic heterocycles. The number of nitrogens with zero attached hydrogens (tertiary/aromatic N) is 2. The summed E-state index contributed by atoms with van der Waals surface area (Å²) in [5.74, 6) is 0.962. The Morgan fingerprint density at radius 3 is 3.00 bits per heavy atom. The van der Waals surface area contributed by atoms with Crippen molar-refractivity contribution < 1.29 is 9.53 Å². The van der Waals surface area contributed by atoms with Gasteiger partial charge in [-0.2, -0.15) is 9.36 Å². The number of halogens is 1. The summed E-state index contributed by atoms with van der Waals surface area (Å²) in [6.45, 7) is 1.77. The van der Waals surface area contributed by atoms with Gasteiger partial charge in [0.25, 0.3) is 5.91 Å². The molecule has 118 valence electrons. The molecule has 3 rings (SSSR count). The molecule has 1 amide bonds. The molecule has 2 heterocycles. The monoisotopic (exact) mass is 365 g/mol. The standard InChI is InChI=1S/C15H12ClN3O2S2/c1-9-7-10(16)4-5-11(9)21-8-13(20)17-15-18-14(19-23-15)12-3-2-6-22-12/h2-7H,8H2,1H3,(H,17,18,19,20). The van der Waals surface area contributed by atoms with Crippen LogP contribution in [0, 0.1) is 6.92 Å². The van der Waals surface area contributed by atoms with Crippen molar-refractivity contribution in [3.05, 3.63) is 46.3 Å². The van der Waals surface area contributed by atoms with Crippen LogP contribution in [0.2, 0.25) is 5.02 Å². The highest BCUT2D eigenvalue weighted by atomic mass is 35.5. The number of benzene rings is 1. The minimum Gasteiger partial charge on any atom is -0.483 e. The molecule has 5 nitrogen and oxygen atoms in total. The average molecular weight is 366 g/mol. The van der Waals surface area contributed by atoms with Crippen LogP contribution in [0.3, 0.4) is 0 Å². The van der Waals surface area contributed by atoms with Crippen LogP contribution in [-0.2, 0) is 4.79 Å². The second-order valence-corrected chi connectivity index (χ2v) is 6.78. The van der Waals surface area contributed by atoms with Gasteiger partial charge in [0.05, 0.1) is 4.88 Å². The van der Waals surface area contributed by atoms with Crippen molar-refractivity contribution in [1.82, 2.24) is 9.36 Å². The smallest absolute Gasteiger partial charge is 0.264 e. The van der Waals surface area contributed by atoms with E-state index in [9.17, 15) is 4.79 Å². The van der Waals surface area contributed by atoms with E-state index >= 15 is 0 Å². The van der Waals surface area contributed by atoms with Crippen molar-refractivity contribution in [3.63, 3.8) is 0 Å². The number of amides is 1. The van der Waals surface area contributed by atoms with Gasteiger partial charge in [-0.3, -0.25) is 10.1 Å². The maximum absolute atomic E-state index is 11.9. The van der Waals surface area contributed by atoms with Gasteiger partial charge in [-0.05, 0) is 42.1 Å². The van der Waals surface area contributed by atoms with E-state index in [1.807, 2.05) is 24.4 Å². The molecule has 0 unspecified atom stereocenters. The number of anilines is 1. The molecule has 0 atom stereocenters. The normalized spacial score (nSPS) is 10.5. The number of ether oxygens (including phenoxy) is 1. The minimum absolute atomic E-state index is 0.101. The number of carbonyl (C=O) groups is 1. The second kappa shape index (κ2) is 7.08. The number of nitrogens with one attached hydrogen (secondary N) is 1. The van der Waals surface area contributed by atoms with Crippen molar-refractivity contribution in [1.29, 1.82) is 0 Å². The van der Waals surface area contributed by atoms with Crippen LogP contribution in [0.5, 0.6) is 5.75 Å². The zero-order valence-corrected chi connectivity index (χ0v) is 14.5. The average Bonchev–Trinajstić information content (AvgIpc) is 3.17. The van der Waals surface area contributed by atoms with Crippen LogP contribution in [-0.4, -0.2) is 21.9 Å². The number of hydrogen-bond donors (Lipinski definition) is 1. The Morgan fingerprint density at radius 1 is 1.39 bits per heavy atom. The van der Waals surface area contributed by atoms with Gasteiger partial charge in [-0.25, -0.2) is 0 Å². The molecule has 0 aliphatic carbocycles. The summed E-state index contributed by atoms with van der Waals surface area (Å²) in [6.07, 6.45) is 0. The van der Waals surface area contributed by atoms with Crippen molar-refractivity contribution >= 4 is 45.5 Å². The highest BCUT2D eigenvalue weighted by Crippen LogP contribution is 2.25. The maximum Gasteiger partial charge on any atom is 0.264 e. The fourth-order valence-electron chi connectivity index (χ4n) is 1.85. The molecule has 0 spiro atoms. The predicted molar refractivity (Wildman–Crippen MR) is 93.5 cm³/mol. The van der Waals surface area contributed by atoms with Crippen LogP contribution in [0.1, 0.15) is 5.56 Å². The van der Waals surface area contributed by atoms with Gasteiger partial charge in [0.2, 0.25) is 5.13 Å². The molecule has 0 aliphatic heterocycles. The molecule has 0 aliphatic rings. The van der Waals surface area contributed by atoms with E-state index < -0.39 is 0 Å². The summed E-state index contributed by atoms with van der Waals surface area (Å²) in [7, 11) is 0. The Balaban J connectivity index is 1.57. The number of thiophene rings is 1. The first-order valence-corrected chi connectivity index (χ1v) is 8.71. The summed E-state index contributed by atoms with van der Waals surface area (Å²) in [5, 5.41) is 5.73. The largest absolute Gasteiger partial charge is 0.483 e. The Morgan fingerprint density at radius 2 is 2.26 bits per heavy atom. The molecule has 0 bridgehead atoms. The summed E-state index contributed by atoms with van der Waals surface area (Å²) < 4.78 is 9.72. The fourth-order valence-corrected chi connectivity index (χ4v) is 3.39. The van der Waals surface area contributed by atoms with Crippen LogP contribution in [0.25, 0.3) is 10.7 Å². The highest BCUT2D eigenvalue weighted by Gasteiger charge is 2.11. The molecule has 8 heteroatoms. The Labute approximate surface area is 146 Å². The lowest BCUT2D eigenvalue weighted by molar-refractivity contribution is -0.118. The molecule has 3 aromatic rings. The Bertz CT molecular complexity index is 818. The SMILES string of the molecule is Cc1cc(Cl)ccc1OCC(=O)Nc1nc(-c2cccs2)ns1. The van der Waals surface area contributed by atoms with Crippen molar-refractivity contribution in [2.75, 3.05) is 11.9 Å². The van der Waals surface area contributed by atoms with Gasteiger partial charge >= 0.3 is 0 Å². The molecular weight excluding hydrogens is 354 g/mol. The number of aryl methyl sites for hydroxylation is 1. The van der Waals surface area contributed by atoms with E-state index in [4.69, 9.17) is 16.3 Å². The summed E-state index contributed by atoms with van der Waals surface area (Å²) in [5.41, 5.74) is 0.876. The highest BCUT2D eigenvalue weighted by molar-refractivity contribution is 7.14. The zero-order chi connectivity index (χ0) is 16.2. The van der Waals surface area contributed by atoms with E-state index in [0.29, 0.717) is 21.7 Å². The molecule has 0 radical (unpaired) electrons. The fraction of sp³-hybridized carbons (Fsp3) is 0.133. The first-order chi connectivity index (χ1) is 11.1. The van der Waals surface area contributed by atoms with Crippen molar-refractivity contribution in [3.8, 4) is 16.5 Å². The predicted octanol–water partition coefficient (Wildman–Crippen LogP) is 4.25. The van der Waals surface area contributed by atoms with Crippen LogP contribution < -0.4 is 10.1 Å². The number of aromatic nitrogens is 2. The molecule has 1 N–H and O–H groups in total. The summed E-state index contributed by atoms with van der Waals surface area (Å²) >= 11 is 8.58.